The second kappa shape index (κ2) is 8.19. The van der Waals surface area contributed by atoms with E-state index in [0.29, 0.717) is 12.6 Å². The third-order valence-corrected chi connectivity index (χ3v) is 6.07. The van der Waals surface area contributed by atoms with E-state index in [-0.39, 0.29) is 0 Å². The standard InChI is InChI=1S/C25H25N5O/c26-17-23-22-11-10-21(31-15-3-14-29-13-2-12-28-29)16-24(22)30(20-4-1-5-20)25(23)18-6-8-19(27)9-7-18/h2,6-13,16,20H,1,3-5,14-15,27H2. The summed E-state index contributed by atoms with van der Waals surface area (Å²) in [4.78, 5) is 0. The molecule has 0 spiro atoms. The van der Waals surface area contributed by atoms with Crippen LogP contribution in [0.1, 0.15) is 37.3 Å². The molecule has 1 aliphatic rings. The lowest BCUT2D eigenvalue weighted by Crippen LogP contribution is -2.17. The maximum absolute atomic E-state index is 10.0. The number of aryl methyl sites for hydroxylation is 1. The van der Waals surface area contributed by atoms with Gasteiger partial charge >= 0.3 is 0 Å². The van der Waals surface area contributed by atoms with Crippen molar-refractivity contribution in [1.29, 1.82) is 5.26 Å². The van der Waals surface area contributed by atoms with Crippen molar-refractivity contribution < 1.29 is 4.74 Å². The number of hydrogen-bond donors (Lipinski definition) is 1. The lowest BCUT2D eigenvalue weighted by molar-refractivity contribution is 0.298. The molecule has 6 nitrogen and oxygen atoms in total. The molecular weight excluding hydrogens is 386 g/mol. The van der Waals surface area contributed by atoms with E-state index in [2.05, 4.69) is 21.8 Å². The van der Waals surface area contributed by atoms with Gasteiger partial charge in [0.25, 0.3) is 0 Å². The molecule has 1 saturated carbocycles. The second-order valence-electron chi connectivity index (χ2n) is 8.06. The van der Waals surface area contributed by atoms with Crippen molar-refractivity contribution in [3.63, 3.8) is 0 Å². The first-order valence-electron chi connectivity index (χ1n) is 10.8. The first-order chi connectivity index (χ1) is 15.2. The summed E-state index contributed by atoms with van der Waals surface area (Å²) in [7, 11) is 0. The van der Waals surface area contributed by atoms with Gasteiger partial charge in [0, 0.05) is 48.5 Å². The van der Waals surface area contributed by atoms with Crippen molar-refractivity contribution in [3.8, 4) is 23.1 Å². The summed E-state index contributed by atoms with van der Waals surface area (Å²) in [5.41, 5.74) is 10.4. The molecule has 2 N–H and O–H groups in total. The van der Waals surface area contributed by atoms with Crippen molar-refractivity contribution >= 4 is 16.6 Å². The highest BCUT2D eigenvalue weighted by atomic mass is 16.5. The lowest BCUT2D eigenvalue weighted by atomic mass is 9.92. The van der Waals surface area contributed by atoms with Crippen LogP contribution in [0.3, 0.4) is 0 Å². The molecule has 0 aliphatic heterocycles. The van der Waals surface area contributed by atoms with Gasteiger partial charge in [0.2, 0.25) is 0 Å². The van der Waals surface area contributed by atoms with Crippen LogP contribution >= 0.6 is 0 Å². The molecule has 0 unspecified atom stereocenters. The van der Waals surface area contributed by atoms with Crippen LogP contribution in [0.2, 0.25) is 0 Å². The number of nitrogens with zero attached hydrogens (tertiary/aromatic N) is 4. The van der Waals surface area contributed by atoms with Gasteiger partial charge in [-0.2, -0.15) is 10.4 Å². The summed E-state index contributed by atoms with van der Waals surface area (Å²) in [6, 6.07) is 18.7. The van der Waals surface area contributed by atoms with Crippen LogP contribution in [-0.2, 0) is 6.54 Å². The summed E-state index contributed by atoms with van der Waals surface area (Å²) in [6.07, 6.45) is 8.10. The first kappa shape index (κ1) is 19.3. The van der Waals surface area contributed by atoms with Crippen LogP contribution in [0.15, 0.2) is 60.9 Å². The highest BCUT2D eigenvalue weighted by molar-refractivity contribution is 5.95. The molecule has 2 heterocycles. The van der Waals surface area contributed by atoms with Crippen LogP contribution in [0.4, 0.5) is 5.69 Å². The number of ether oxygens (including phenoxy) is 1. The predicted molar refractivity (Wildman–Crippen MR) is 122 cm³/mol. The van der Waals surface area contributed by atoms with Gasteiger partial charge in [-0.25, -0.2) is 0 Å². The van der Waals surface area contributed by atoms with Gasteiger partial charge in [0.15, 0.2) is 0 Å². The van der Waals surface area contributed by atoms with E-state index in [0.717, 1.165) is 65.0 Å². The molecule has 0 atom stereocenters. The maximum atomic E-state index is 10.0. The average molecular weight is 412 g/mol. The number of nitriles is 1. The zero-order chi connectivity index (χ0) is 21.2. The Morgan fingerprint density at radius 2 is 2.00 bits per heavy atom. The molecular formula is C25H25N5O. The Labute approximate surface area is 181 Å². The summed E-state index contributed by atoms with van der Waals surface area (Å²) >= 11 is 0. The zero-order valence-electron chi connectivity index (χ0n) is 17.4. The number of hydrogen-bond acceptors (Lipinski definition) is 4. The number of nitrogen functional groups attached to an aromatic ring is 1. The topological polar surface area (TPSA) is 81.8 Å². The molecule has 4 aromatic rings. The Bertz CT molecular complexity index is 1230. The van der Waals surface area contributed by atoms with Crippen LogP contribution < -0.4 is 10.5 Å². The normalized spacial score (nSPS) is 13.8. The summed E-state index contributed by atoms with van der Waals surface area (Å²) < 4.78 is 10.3. The number of anilines is 1. The molecule has 6 heteroatoms. The van der Waals surface area contributed by atoms with Crippen LogP contribution in [0, 0.1) is 11.3 Å². The molecule has 2 aromatic carbocycles. The minimum atomic E-state index is 0.409. The minimum absolute atomic E-state index is 0.409. The molecule has 0 bridgehead atoms. The molecule has 1 aliphatic carbocycles. The molecule has 1 fully saturated rings. The molecule has 0 radical (unpaired) electrons. The molecule has 2 aromatic heterocycles. The summed E-state index contributed by atoms with van der Waals surface area (Å²) in [5, 5.41) is 15.2. The van der Waals surface area contributed by atoms with Gasteiger partial charge in [-0.15, -0.1) is 0 Å². The third-order valence-electron chi connectivity index (χ3n) is 6.07. The monoisotopic (exact) mass is 411 g/mol. The van der Waals surface area contributed by atoms with Gasteiger partial charge in [-0.3, -0.25) is 4.68 Å². The zero-order valence-corrected chi connectivity index (χ0v) is 17.4. The van der Waals surface area contributed by atoms with Crippen LogP contribution in [0.5, 0.6) is 5.75 Å². The number of nitrogens with two attached hydrogens (primary N) is 1. The Morgan fingerprint density at radius 3 is 2.68 bits per heavy atom. The Morgan fingerprint density at radius 1 is 1.16 bits per heavy atom. The van der Waals surface area contributed by atoms with E-state index in [1.807, 2.05) is 53.3 Å². The Balaban J connectivity index is 1.49. The van der Waals surface area contributed by atoms with Crippen molar-refractivity contribution in [3.05, 3.63) is 66.5 Å². The third kappa shape index (κ3) is 3.64. The molecule has 0 amide bonds. The van der Waals surface area contributed by atoms with Crippen LogP contribution in [-0.4, -0.2) is 21.0 Å². The van der Waals surface area contributed by atoms with Gasteiger partial charge in [-0.05, 0) is 55.2 Å². The highest BCUT2D eigenvalue weighted by Gasteiger charge is 2.27. The van der Waals surface area contributed by atoms with Crippen molar-refractivity contribution in [2.24, 2.45) is 0 Å². The Hall–Kier alpha value is -3.72. The highest BCUT2D eigenvalue weighted by Crippen LogP contribution is 2.43. The maximum Gasteiger partial charge on any atom is 0.121 e. The Kier molecular flexibility index (Phi) is 5.09. The van der Waals surface area contributed by atoms with Crippen LogP contribution in [0.25, 0.3) is 22.2 Å². The first-order valence-corrected chi connectivity index (χ1v) is 10.8. The van der Waals surface area contributed by atoms with E-state index in [1.54, 1.807) is 6.20 Å². The van der Waals surface area contributed by atoms with E-state index in [9.17, 15) is 5.26 Å². The number of benzene rings is 2. The quantitative estimate of drug-likeness (QED) is 0.337. The average Bonchev–Trinajstić information content (AvgIpc) is 3.37. The SMILES string of the molecule is N#Cc1c(-c2ccc(N)cc2)n(C2CCC2)c2cc(OCCCn3cccn3)ccc12. The number of aromatic nitrogens is 3. The fourth-order valence-electron chi connectivity index (χ4n) is 4.29. The van der Waals surface area contributed by atoms with Gasteiger partial charge < -0.3 is 15.0 Å². The van der Waals surface area contributed by atoms with E-state index in [1.165, 1.54) is 6.42 Å². The van der Waals surface area contributed by atoms with Gasteiger partial charge in [0.05, 0.1) is 23.4 Å². The molecule has 0 saturated heterocycles. The number of rotatable bonds is 7. The van der Waals surface area contributed by atoms with E-state index in [4.69, 9.17) is 10.5 Å². The molecule has 156 valence electrons. The van der Waals surface area contributed by atoms with Gasteiger partial charge in [-0.1, -0.05) is 12.1 Å². The predicted octanol–water partition coefficient (Wildman–Crippen LogP) is 5.15. The summed E-state index contributed by atoms with van der Waals surface area (Å²) in [5.74, 6) is 0.833. The minimum Gasteiger partial charge on any atom is -0.493 e. The largest absolute Gasteiger partial charge is 0.493 e. The molecule has 31 heavy (non-hydrogen) atoms. The van der Waals surface area contributed by atoms with E-state index < -0.39 is 0 Å². The fraction of sp³-hybridized carbons (Fsp3) is 0.280. The van der Waals surface area contributed by atoms with Gasteiger partial charge in [0.1, 0.15) is 11.8 Å². The number of fused-ring (bicyclic) bond motifs is 1. The molecule has 5 rings (SSSR count). The van der Waals surface area contributed by atoms with Crippen molar-refractivity contribution in [1.82, 2.24) is 14.3 Å². The van der Waals surface area contributed by atoms with E-state index >= 15 is 0 Å². The summed E-state index contributed by atoms with van der Waals surface area (Å²) in [6.45, 7) is 1.44. The fourth-order valence-corrected chi connectivity index (χ4v) is 4.29. The second-order valence-corrected chi connectivity index (χ2v) is 8.06. The smallest absolute Gasteiger partial charge is 0.121 e. The van der Waals surface area contributed by atoms with Crippen molar-refractivity contribution in [2.75, 3.05) is 12.3 Å². The van der Waals surface area contributed by atoms with Crippen molar-refractivity contribution in [2.45, 2.75) is 38.3 Å². The lowest BCUT2D eigenvalue weighted by Gasteiger charge is -2.30.